The van der Waals surface area contributed by atoms with Crippen LogP contribution in [0.1, 0.15) is 56.0 Å². The van der Waals surface area contributed by atoms with Gasteiger partial charge >= 0.3 is 0 Å². The fourth-order valence-electron chi connectivity index (χ4n) is 7.06. The Hall–Kier alpha value is -2.66. The molecule has 5 heteroatoms. The van der Waals surface area contributed by atoms with E-state index < -0.39 is 0 Å². The van der Waals surface area contributed by atoms with Crippen LogP contribution in [0.3, 0.4) is 0 Å². The summed E-state index contributed by atoms with van der Waals surface area (Å²) in [5, 5.41) is 3.15. The molecule has 166 valence electrons. The summed E-state index contributed by atoms with van der Waals surface area (Å²) in [7, 11) is 1.70. The van der Waals surface area contributed by atoms with Gasteiger partial charge in [-0.2, -0.15) is 0 Å². The van der Waals surface area contributed by atoms with Crippen LogP contribution in [0.15, 0.2) is 48.5 Å². The summed E-state index contributed by atoms with van der Waals surface area (Å²) in [6, 6.07) is 16.0. The number of nitrogens with one attached hydrogen (secondary N) is 2. The van der Waals surface area contributed by atoms with E-state index >= 15 is 0 Å². The molecule has 0 aliphatic heterocycles. The molecule has 1 unspecified atom stereocenters. The number of anilines is 1. The van der Waals surface area contributed by atoms with E-state index in [1.807, 2.05) is 48.5 Å². The van der Waals surface area contributed by atoms with Gasteiger partial charge in [0.2, 0.25) is 5.91 Å². The van der Waals surface area contributed by atoms with E-state index in [9.17, 15) is 4.79 Å². The van der Waals surface area contributed by atoms with Gasteiger partial charge in [-0.3, -0.25) is 4.79 Å². The van der Waals surface area contributed by atoms with Gasteiger partial charge in [0, 0.05) is 19.2 Å². The SMILES string of the molecule is COC(c1ccccc1)c1nc2cc(NC(=O)CC3C4CC5CC(C4)CC3C5)ccc2[nH]1. The third kappa shape index (κ3) is 3.62. The molecular weight excluding hydrogens is 398 g/mol. The van der Waals surface area contributed by atoms with Crippen molar-refractivity contribution in [2.45, 2.75) is 44.6 Å². The minimum atomic E-state index is -0.251. The number of imidazole rings is 1. The summed E-state index contributed by atoms with van der Waals surface area (Å²) in [4.78, 5) is 21.1. The Bertz CT molecular complexity index is 1090. The summed E-state index contributed by atoms with van der Waals surface area (Å²) in [5.41, 5.74) is 3.65. The molecule has 4 saturated carbocycles. The molecule has 1 heterocycles. The van der Waals surface area contributed by atoms with Gasteiger partial charge in [-0.25, -0.2) is 4.98 Å². The van der Waals surface area contributed by atoms with Crippen molar-refractivity contribution in [3.63, 3.8) is 0 Å². The minimum absolute atomic E-state index is 0.150. The highest BCUT2D eigenvalue weighted by Crippen LogP contribution is 2.57. The van der Waals surface area contributed by atoms with Crippen molar-refractivity contribution >= 4 is 22.6 Å². The van der Waals surface area contributed by atoms with Crippen molar-refractivity contribution in [3.05, 3.63) is 59.9 Å². The average Bonchev–Trinajstić information content (AvgIpc) is 3.20. The molecule has 0 spiro atoms. The molecule has 0 saturated heterocycles. The lowest BCUT2D eigenvalue weighted by Crippen LogP contribution is -2.46. The van der Waals surface area contributed by atoms with Gasteiger partial charge in [0.05, 0.1) is 11.0 Å². The Morgan fingerprint density at radius 2 is 1.78 bits per heavy atom. The topological polar surface area (TPSA) is 67.0 Å². The number of hydrogen-bond donors (Lipinski definition) is 2. The molecule has 2 aromatic carbocycles. The minimum Gasteiger partial charge on any atom is -0.369 e. The second kappa shape index (κ2) is 8.04. The first kappa shape index (κ1) is 20.0. The molecule has 1 amide bonds. The summed E-state index contributed by atoms with van der Waals surface area (Å²) in [5.74, 6) is 4.94. The van der Waals surface area contributed by atoms with Crippen LogP contribution in [0.4, 0.5) is 5.69 Å². The van der Waals surface area contributed by atoms with Crippen molar-refractivity contribution < 1.29 is 9.53 Å². The van der Waals surface area contributed by atoms with E-state index in [-0.39, 0.29) is 12.0 Å². The van der Waals surface area contributed by atoms with Crippen LogP contribution in [0, 0.1) is 29.6 Å². The summed E-state index contributed by atoms with van der Waals surface area (Å²) in [6.45, 7) is 0. The van der Waals surface area contributed by atoms with E-state index in [0.29, 0.717) is 12.3 Å². The summed E-state index contributed by atoms with van der Waals surface area (Å²) >= 11 is 0. The van der Waals surface area contributed by atoms with Gasteiger partial charge in [-0.1, -0.05) is 30.3 Å². The van der Waals surface area contributed by atoms with Gasteiger partial charge in [-0.05, 0) is 85.5 Å². The van der Waals surface area contributed by atoms with Crippen molar-refractivity contribution in [2.75, 3.05) is 12.4 Å². The summed E-state index contributed by atoms with van der Waals surface area (Å²) in [6.07, 6.45) is 7.29. The lowest BCUT2D eigenvalue weighted by Gasteiger charge is -2.54. The van der Waals surface area contributed by atoms with E-state index in [2.05, 4.69) is 10.3 Å². The summed E-state index contributed by atoms with van der Waals surface area (Å²) < 4.78 is 5.71. The highest BCUT2D eigenvalue weighted by Gasteiger charge is 2.48. The van der Waals surface area contributed by atoms with Gasteiger partial charge in [0.25, 0.3) is 0 Å². The maximum Gasteiger partial charge on any atom is 0.224 e. The zero-order valence-electron chi connectivity index (χ0n) is 18.6. The number of H-pyrrole nitrogens is 1. The third-order valence-corrected chi connectivity index (χ3v) is 8.21. The van der Waals surface area contributed by atoms with Crippen LogP contribution < -0.4 is 5.32 Å². The maximum absolute atomic E-state index is 12.9. The Balaban J connectivity index is 1.16. The van der Waals surface area contributed by atoms with Crippen LogP contribution in [-0.2, 0) is 9.53 Å². The Morgan fingerprint density at radius 1 is 1.06 bits per heavy atom. The Labute approximate surface area is 189 Å². The second-order valence-corrected chi connectivity index (χ2v) is 10.2. The molecule has 1 aromatic heterocycles. The normalized spacial score (nSPS) is 29.3. The molecule has 4 aliphatic carbocycles. The molecule has 2 N–H and O–H groups in total. The fraction of sp³-hybridized carbons (Fsp3) is 0.481. The lowest BCUT2D eigenvalue weighted by atomic mass is 9.51. The number of benzene rings is 2. The van der Waals surface area contributed by atoms with E-state index in [1.54, 1.807) is 7.11 Å². The highest BCUT2D eigenvalue weighted by molar-refractivity contribution is 5.93. The fourth-order valence-corrected chi connectivity index (χ4v) is 7.06. The number of fused-ring (bicyclic) bond motifs is 1. The van der Waals surface area contributed by atoms with Crippen molar-refractivity contribution in [2.24, 2.45) is 29.6 Å². The van der Waals surface area contributed by atoms with Gasteiger partial charge in [0.15, 0.2) is 0 Å². The number of hydrogen-bond acceptors (Lipinski definition) is 3. The van der Waals surface area contributed by atoms with E-state index in [1.165, 1.54) is 32.1 Å². The van der Waals surface area contributed by atoms with Crippen LogP contribution in [0.5, 0.6) is 0 Å². The van der Waals surface area contributed by atoms with E-state index in [0.717, 1.165) is 51.8 Å². The first-order valence-corrected chi connectivity index (χ1v) is 12.0. The molecular formula is C27H31N3O2. The van der Waals surface area contributed by atoms with Crippen LogP contribution in [-0.4, -0.2) is 23.0 Å². The molecule has 32 heavy (non-hydrogen) atoms. The number of carbonyl (C=O) groups excluding carboxylic acids is 1. The highest BCUT2D eigenvalue weighted by atomic mass is 16.5. The average molecular weight is 430 g/mol. The van der Waals surface area contributed by atoms with Crippen LogP contribution in [0.25, 0.3) is 11.0 Å². The smallest absolute Gasteiger partial charge is 0.224 e. The van der Waals surface area contributed by atoms with Gasteiger partial charge in [0.1, 0.15) is 11.9 Å². The number of aromatic amines is 1. The Morgan fingerprint density at radius 3 is 2.47 bits per heavy atom. The van der Waals surface area contributed by atoms with Crippen LogP contribution in [0.2, 0.25) is 0 Å². The molecule has 4 bridgehead atoms. The third-order valence-electron chi connectivity index (χ3n) is 8.21. The molecule has 4 fully saturated rings. The number of nitrogens with zero attached hydrogens (tertiary/aromatic N) is 1. The maximum atomic E-state index is 12.9. The van der Waals surface area contributed by atoms with E-state index in [4.69, 9.17) is 9.72 Å². The predicted molar refractivity (Wildman–Crippen MR) is 125 cm³/mol. The molecule has 5 nitrogen and oxygen atoms in total. The zero-order valence-corrected chi connectivity index (χ0v) is 18.6. The number of amides is 1. The Kier molecular flexibility index (Phi) is 5.02. The lowest BCUT2D eigenvalue weighted by molar-refractivity contribution is -0.121. The first-order valence-electron chi connectivity index (χ1n) is 12.0. The van der Waals surface area contributed by atoms with Crippen LogP contribution >= 0.6 is 0 Å². The zero-order chi connectivity index (χ0) is 21.7. The number of methoxy groups -OCH3 is 1. The van der Waals surface area contributed by atoms with Crippen molar-refractivity contribution in [1.82, 2.24) is 9.97 Å². The monoisotopic (exact) mass is 429 g/mol. The first-order chi connectivity index (χ1) is 15.7. The molecule has 0 radical (unpaired) electrons. The largest absolute Gasteiger partial charge is 0.369 e. The molecule has 1 atom stereocenters. The number of carbonyl (C=O) groups is 1. The molecule has 7 rings (SSSR count). The molecule has 3 aromatic rings. The quantitative estimate of drug-likeness (QED) is 0.528. The molecule has 4 aliphatic rings. The van der Waals surface area contributed by atoms with Gasteiger partial charge < -0.3 is 15.0 Å². The standard InChI is InChI=1S/C27H31N3O2/c1-32-26(18-5-3-2-4-6-18)27-29-23-8-7-21(14-24(23)30-27)28-25(31)15-22-19-10-16-9-17(12-19)13-20(22)11-16/h2-8,14,16-17,19-20,22,26H,9-13,15H2,1H3,(H,28,31)(H,29,30). The predicted octanol–water partition coefficient (Wildman–Crippen LogP) is 5.70. The number of rotatable bonds is 6. The van der Waals surface area contributed by atoms with Crippen molar-refractivity contribution in [3.8, 4) is 0 Å². The van der Waals surface area contributed by atoms with Crippen molar-refractivity contribution in [1.29, 1.82) is 0 Å². The second-order valence-electron chi connectivity index (χ2n) is 10.2. The number of aromatic nitrogens is 2. The van der Waals surface area contributed by atoms with Gasteiger partial charge in [-0.15, -0.1) is 0 Å². The number of ether oxygens (including phenoxy) is 1.